The Kier molecular flexibility index (Phi) is 11.9. The molecule has 6 N–H and O–H groups in total. The average molecular weight is 722 g/mol. The number of rotatable bonds is 15. The Morgan fingerprint density at radius 3 is 2.34 bits per heavy atom. The summed E-state index contributed by atoms with van der Waals surface area (Å²) >= 11 is 0. The van der Waals surface area contributed by atoms with Crippen molar-refractivity contribution < 1.29 is 64.9 Å². The van der Waals surface area contributed by atoms with E-state index in [4.69, 9.17) is 19.7 Å². The summed E-state index contributed by atoms with van der Waals surface area (Å²) in [6, 6.07) is 15.2. The number of aliphatic hydroxyl groups is 1. The van der Waals surface area contributed by atoms with Crippen LogP contribution in [0.5, 0.6) is 5.75 Å². The predicted octanol–water partition coefficient (Wildman–Crippen LogP) is 2.58. The van der Waals surface area contributed by atoms with Crippen molar-refractivity contribution in [2.45, 2.75) is 44.2 Å². The zero-order valence-electron chi connectivity index (χ0n) is 24.3. The van der Waals surface area contributed by atoms with Gasteiger partial charge in [0, 0.05) is 6.20 Å². The van der Waals surface area contributed by atoms with E-state index in [0.717, 1.165) is 12.3 Å². The second-order valence-corrected chi connectivity index (χ2v) is 14.7. The van der Waals surface area contributed by atoms with Gasteiger partial charge in [0.15, 0.2) is 12.4 Å². The van der Waals surface area contributed by atoms with E-state index in [-0.39, 0.29) is 18.2 Å². The van der Waals surface area contributed by atoms with Crippen molar-refractivity contribution in [1.82, 2.24) is 14.6 Å². The number of aromatic nitrogens is 2. The molecule has 3 aromatic rings. The molecular formula is C25H30FN4O14P3. The van der Waals surface area contributed by atoms with Gasteiger partial charge in [0.25, 0.3) is 0 Å². The summed E-state index contributed by atoms with van der Waals surface area (Å²) in [6.07, 6.45) is -6.64. The Morgan fingerprint density at radius 2 is 1.70 bits per heavy atom. The highest BCUT2D eigenvalue weighted by Gasteiger charge is 2.48. The first kappa shape index (κ1) is 36.5. The van der Waals surface area contributed by atoms with E-state index in [1.165, 1.54) is 31.2 Å². The van der Waals surface area contributed by atoms with Gasteiger partial charge in [0.1, 0.15) is 36.4 Å². The van der Waals surface area contributed by atoms with Crippen molar-refractivity contribution >= 4 is 35.2 Å². The molecule has 0 spiro atoms. The van der Waals surface area contributed by atoms with Crippen LogP contribution in [0.3, 0.4) is 0 Å². The summed E-state index contributed by atoms with van der Waals surface area (Å²) in [5.74, 6) is -1.31. The molecule has 256 valence electrons. The number of ether oxygens (including phenoxy) is 2. The van der Waals surface area contributed by atoms with Crippen LogP contribution in [0.4, 0.5) is 10.2 Å². The lowest BCUT2D eigenvalue weighted by atomic mass is 10.1. The lowest BCUT2D eigenvalue weighted by Gasteiger charge is -2.25. The number of halogens is 1. The van der Waals surface area contributed by atoms with Crippen LogP contribution in [0.15, 0.2) is 77.7 Å². The van der Waals surface area contributed by atoms with E-state index in [9.17, 15) is 42.6 Å². The first-order valence-electron chi connectivity index (χ1n) is 13.4. The normalized spacial score (nSPS) is 23.9. The van der Waals surface area contributed by atoms with Crippen molar-refractivity contribution in [2.24, 2.45) is 0 Å². The summed E-state index contributed by atoms with van der Waals surface area (Å²) in [5, 5.41) is 12.3. The largest absolute Gasteiger partial charge is 0.490 e. The third kappa shape index (κ3) is 10.3. The molecule has 4 rings (SSSR count). The number of hydrogen-bond donors (Lipinski definition) is 5. The smallest absolute Gasteiger partial charge is 0.460 e. The number of aliphatic hydroxyl groups excluding tert-OH is 1. The minimum Gasteiger partial charge on any atom is -0.460 e. The quantitative estimate of drug-likeness (QED) is 0.112. The number of phosphoric acid groups is 2. The van der Waals surface area contributed by atoms with E-state index in [2.05, 4.69) is 23.2 Å². The van der Waals surface area contributed by atoms with Gasteiger partial charge in [-0.2, -0.15) is 18.7 Å². The molecule has 0 aliphatic carbocycles. The molecule has 3 unspecified atom stereocenters. The lowest BCUT2D eigenvalue weighted by molar-refractivity contribution is -0.146. The zero-order valence-corrected chi connectivity index (χ0v) is 26.9. The molecule has 0 radical (unpaired) electrons. The maximum atomic E-state index is 14.7. The molecule has 2 heterocycles. The zero-order chi connectivity index (χ0) is 34.4. The Bertz CT molecular complexity index is 1740. The highest BCUT2D eigenvalue weighted by atomic mass is 31.3. The summed E-state index contributed by atoms with van der Waals surface area (Å²) in [7, 11) is -16.6. The van der Waals surface area contributed by atoms with Gasteiger partial charge in [0.05, 0.1) is 6.61 Å². The highest BCUT2D eigenvalue weighted by Crippen LogP contribution is 2.67. The first-order chi connectivity index (χ1) is 22.1. The number of nitrogens with two attached hydrogens (primary N) is 1. The van der Waals surface area contributed by atoms with Gasteiger partial charge >= 0.3 is 35.1 Å². The van der Waals surface area contributed by atoms with Crippen LogP contribution in [-0.2, 0) is 47.7 Å². The monoisotopic (exact) mass is 722 g/mol. The number of esters is 1. The molecule has 22 heteroatoms. The Morgan fingerprint density at radius 1 is 1.06 bits per heavy atom. The molecule has 8 atom stereocenters. The van der Waals surface area contributed by atoms with Crippen molar-refractivity contribution in [3.8, 4) is 5.75 Å². The number of hydrogen-bond acceptors (Lipinski definition) is 14. The van der Waals surface area contributed by atoms with Gasteiger partial charge in [-0.1, -0.05) is 48.5 Å². The van der Waals surface area contributed by atoms with Crippen LogP contribution < -0.4 is 21.0 Å². The molecule has 0 bridgehead atoms. The van der Waals surface area contributed by atoms with Gasteiger partial charge in [-0.25, -0.2) is 22.9 Å². The number of nitrogens with zero attached hydrogens (tertiary/aromatic N) is 2. The summed E-state index contributed by atoms with van der Waals surface area (Å²) in [4.78, 5) is 48.5. The van der Waals surface area contributed by atoms with Crippen LogP contribution in [0.1, 0.15) is 18.7 Å². The third-order valence-corrected chi connectivity index (χ3v) is 11.1. The number of nitrogens with one attached hydrogen (secondary N) is 1. The van der Waals surface area contributed by atoms with Crippen LogP contribution in [0, 0.1) is 0 Å². The number of benzene rings is 2. The molecule has 1 aromatic heterocycles. The molecule has 2 aromatic carbocycles. The van der Waals surface area contributed by atoms with E-state index in [1.54, 1.807) is 36.4 Å². The van der Waals surface area contributed by atoms with Gasteiger partial charge in [0.2, 0.25) is 0 Å². The Labute approximate surface area is 266 Å². The van der Waals surface area contributed by atoms with Gasteiger partial charge in [-0.05, 0) is 30.7 Å². The first-order valence-corrected chi connectivity index (χ1v) is 18.0. The third-order valence-electron chi connectivity index (χ3n) is 6.14. The van der Waals surface area contributed by atoms with E-state index in [1.807, 2.05) is 0 Å². The molecule has 47 heavy (non-hydrogen) atoms. The second kappa shape index (κ2) is 15.3. The van der Waals surface area contributed by atoms with Gasteiger partial charge < -0.3 is 34.6 Å². The predicted molar refractivity (Wildman–Crippen MR) is 159 cm³/mol. The number of nitrogen functional groups attached to an aromatic ring is 1. The fourth-order valence-corrected chi connectivity index (χ4v) is 8.38. The Hall–Kier alpha value is -3.31. The molecule has 18 nitrogen and oxygen atoms in total. The number of para-hydroxylation sites is 1. The minimum absolute atomic E-state index is 0.166. The summed E-state index contributed by atoms with van der Waals surface area (Å²) in [6.45, 7) is -0.0998. The summed E-state index contributed by atoms with van der Waals surface area (Å²) in [5.41, 5.74) is 5.01. The number of anilines is 1. The summed E-state index contributed by atoms with van der Waals surface area (Å²) < 4.78 is 83.5. The molecule has 0 saturated carbocycles. The minimum atomic E-state index is -5.87. The molecule has 0 amide bonds. The molecule has 1 fully saturated rings. The molecule has 1 aliphatic rings. The average Bonchev–Trinajstić information content (AvgIpc) is 3.27. The van der Waals surface area contributed by atoms with E-state index < -0.39 is 72.3 Å². The standard InChI is InChI=1S/C25H30FN4O14P3/c1-16(24(32)39-14-17-8-4-2-5-9-17)29-45(34,42-18-10-6-3-7-11-18)43-47(37,38)44-46(35,36)40-15-19-22(31)21(26)23(41-19)30-13-12-20(27)28-25(30)33/h2-13,16,19,21-23,31H,14-15H2,1H3,(H,29,34)(H,35,36)(H,37,38)(H2,27,28,33)/t16-,19+,21-,22-,23+,45?/m0/s1. The number of alkyl halides is 1. The number of phosphoric ester groups is 1. The topological polar surface area (TPSA) is 257 Å². The number of carbonyl (C=O) groups is 1. The van der Waals surface area contributed by atoms with Crippen LogP contribution >= 0.6 is 23.4 Å². The molecule has 1 saturated heterocycles. The molecular weight excluding hydrogens is 692 g/mol. The van der Waals surface area contributed by atoms with Gasteiger partial charge in [-0.3, -0.25) is 13.9 Å². The van der Waals surface area contributed by atoms with Crippen molar-refractivity contribution in [2.75, 3.05) is 12.3 Å². The van der Waals surface area contributed by atoms with Crippen molar-refractivity contribution in [1.29, 1.82) is 0 Å². The van der Waals surface area contributed by atoms with E-state index in [0.29, 0.717) is 10.1 Å². The lowest BCUT2D eigenvalue weighted by Crippen LogP contribution is -2.34. The fraction of sp³-hybridized carbons (Fsp3) is 0.320. The Balaban J connectivity index is 1.41. The van der Waals surface area contributed by atoms with Crippen LogP contribution in [0.2, 0.25) is 0 Å². The van der Waals surface area contributed by atoms with Crippen molar-refractivity contribution in [3.63, 3.8) is 0 Å². The number of carbonyl (C=O) groups excluding carboxylic acids is 1. The van der Waals surface area contributed by atoms with E-state index >= 15 is 0 Å². The second-order valence-electron chi connectivity index (χ2n) is 9.78. The van der Waals surface area contributed by atoms with Crippen LogP contribution in [0.25, 0.3) is 0 Å². The fourth-order valence-electron chi connectivity index (χ4n) is 3.99. The molecule has 1 aliphatic heterocycles. The van der Waals surface area contributed by atoms with Gasteiger partial charge in [-0.15, -0.1) is 0 Å². The SMILES string of the molecule is C[C@H](NP(=O)(Oc1ccccc1)OP(=O)(O)OP(=O)(O)OC[C@H]1O[C@@H](n2ccc(N)nc2=O)[C@@H](F)[C@H]1O)C(=O)OCc1ccccc1. The maximum Gasteiger partial charge on any atom is 0.490 e. The highest BCUT2D eigenvalue weighted by molar-refractivity contribution is 7.68. The van der Waals surface area contributed by atoms with Crippen LogP contribution in [-0.4, -0.2) is 61.4 Å². The maximum absolute atomic E-state index is 14.7. The van der Waals surface area contributed by atoms with Crippen molar-refractivity contribution in [3.05, 3.63) is 89.0 Å².